The van der Waals surface area contributed by atoms with E-state index in [9.17, 15) is 0 Å². The van der Waals surface area contributed by atoms with Crippen LogP contribution in [-0.4, -0.2) is 16.7 Å². The quantitative estimate of drug-likeness (QED) is 0.851. The molecule has 0 amide bonds. The Morgan fingerprint density at radius 3 is 2.56 bits per heavy atom. The first-order valence-corrected chi connectivity index (χ1v) is 6.24. The van der Waals surface area contributed by atoms with Crippen LogP contribution >= 0.6 is 15.9 Å². The molecule has 0 unspecified atom stereocenters. The van der Waals surface area contributed by atoms with Crippen LogP contribution in [0.5, 0.6) is 11.5 Å². The number of aromatic nitrogens is 1. The zero-order valence-electron chi connectivity index (χ0n) is 9.79. The van der Waals surface area contributed by atoms with Crippen LogP contribution < -0.4 is 9.47 Å². The largest absolute Gasteiger partial charge is 0.485 e. The van der Waals surface area contributed by atoms with Crippen molar-refractivity contribution in [1.82, 2.24) is 4.98 Å². The number of pyridine rings is 1. The Kier molecular flexibility index (Phi) is 3.10. The van der Waals surface area contributed by atoms with E-state index in [1.54, 1.807) is 12.4 Å². The van der Waals surface area contributed by atoms with Crippen LogP contribution in [0.3, 0.4) is 0 Å². The highest BCUT2D eigenvalue weighted by atomic mass is 79.9. The number of hydrogen-bond acceptors (Lipinski definition) is 3. The summed E-state index contributed by atoms with van der Waals surface area (Å²) in [6, 6.07) is 0. The summed E-state index contributed by atoms with van der Waals surface area (Å²) >= 11 is 3.44. The second-order valence-electron chi connectivity index (χ2n) is 4.98. The summed E-state index contributed by atoms with van der Waals surface area (Å²) in [4.78, 5) is 4.10. The van der Waals surface area contributed by atoms with Gasteiger partial charge >= 0.3 is 0 Å². The van der Waals surface area contributed by atoms with E-state index in [0.29, 0.717) is 6.10 Å². The Morgan fingerprint density at radius 2 is 2.00 bits per heavy atom. The molecule has 0 aliphatic heterocycles. The van der Waals surface area contributed by atoms with Crippen molar-refractivity contribution < 1.29 is 9.47 Å². The smallest absolute Gasteiger partial charge is 0.181 e. The summed E-state index contributed by atoms with van der Waals surface area (Å²) in [5, 5.41) is 0. The maximum Gasteiger partial charge on any atom is 0.181 e. The van der Waals surface area contributed by atoms with Gasteiger partial charge in [0.2, 0.25) is 0 Å². The summed E-state index contributed by atoms with van der Waals surface area (Å²) < 4.78 is 12.5. The first kappa shape index (κ1) is 11.7. The Labute approximate surface area is 104 Å². The van der Waals surface area contributed by atoms with Crippen LogP contribution in [-0.2, 0) is 0 Å². The lowest BCUT2D eigenvalue weighted by Crippen LogP contribution is -2.23. The van der Waals surface area contributed by atoms with E-state index in [0.717, 1.165) is 28.8 Å². The third-order valence-electron chi connectivity index (χ3n) is 2.05. The fourth-order valence-corrected chi connectivity index (χ4v) is 1.65. The molecule has 0 atom stereocenters. The van der Waals surface area contributed by atoms with Crippen molar-refractivity contribution in [2.45, 2.75) is 45.3 Å². The summed E-state index contributed by atoms with van der Waals surface area (Å²) in [7, 11) is 0. The first-order valence-electron chi connectivity index (χ1n) is 5.45. The van der Waals surface area contributed by atoms with Crippen molar-refractivity contribution in [3.8, 4) is 11.5 Å². The highest BCUT2D eigenvalue weighted by molar-refractivity contribution is 9.10. The Morgan fingerprint density at radius 1 is 1.31 bits per heavy atom. The lowest BCUT2D eigenvalue weighted by molar-refractivity contribution is 0.121. The summed E-state index contributed by atoms with van der Waals surface area (Å²) in [5.74, 6) is 1.47. The normalized spacial score (nSPS) is 16.0. The van der Waals surface area contributed by atoms with Gasteiger partial charge in [0, 0.05) is 6.20 Å². The maximum atomic E-state index is 5.88. The molecule has 3 nitrogen and oxygen atoms in total. The maximum absolute atomic E-state index is 5.88. The standard InChI is InChI=1S/C12H16BrNO2/c1-12(2,3)16-11-9(13)6-14-7-10(11)15-8-4-5-8/h6-8H,4-5H2,1-3H3. The van der Waals surface area contributed by atoms with Crippen molar-refractivity contribution in [1.29, 1.82) is 0 Å². The molecule has 16 heavy (non-hydrogen) atoms. The van der Waals surface area contributed by atoms with Gasteiger partial charge in [-0.25, -0.2) is 0 Å². The molecule has 1 aromatic heterocycles. The van der Waals surface area contributed by atoms with E-state index in [2.05, 4.69) is 20.9 Å². The summed E-state index contributed by atoms with van der Waals surface area (Å²) in [6.07, 6.45) is 6.03. The van der Waals surface area contributed by atoms with Crippen molar-refractivity contribution in [2.75, 3.05) is 0 Å². The van der Waals surface area contributed by atoms with E-state index in [1.807, 2.05) is 20.8 Å². The number of ether oxygens (including phenoxy) is 2. The third-order valence-corrected chi connectivity index (χ3v) is 2.61. The molecule has 0 N–H and O–H groups in total. The minimum atomic E-state index is -0.245. The average Bonchev–Trinajstić information content (AvgIpc) is 2.93. The predicted octanol–water partition coefficient (Wildman–Crippen LogP) is 3.56. The van der Waals surface area contributed by atoms with Crippen LogP contribution in [0.4, 0.5) is 0 Å². The van der Waals surface area contributed by atoms with Gasteiger partial charge in [-0.1, -0.05) is 0 Å². The topological polar surface area (TPSA) is 31.4 Å². The van der Waals surface area contributed by atoms with E-state index in [4.69, 9.17) is 9.47 Å². The van der Waals surface area contributed by atoms with Crippen molar-refractivity contribution >= 4 is 15.9 Å². The van der Waals surface area contributed by atoms with Gasteiger partial charge in [0.1, 0.15) is 5.60 Å². The van der Waals surface area contributed by atoms with Crippen LogP contribution in [0.2, 0.25) is 0 Å². The minimum absolute atomic E-state index is 0.245. The molecule has 2 rings (SSSR count). The van der Waals surface area contributed by atoms with E-state index in [-0.39, 0.29) is 5.60 Å². The molecule has 1 heterocycles. The fourth-order valence-electron chi connectivity index (χ4n) is 1.26. The van der Waals surface area contributed by atoms with Gasteiger partial charge in [-0.15, -0.1) is 0 Å². The molecule has 0 aromatic carbocycles. The zero-order valence-corrected chi connectivity index (χ0v) is 11.4. The Balaban J connectivity index is 2.24. The molecule has 0 spiro atoms. The van der Waals surface area contributed by atoms with Crippen LogP contribution in [0, 0.1) is 0 Å². The lowest BCUT2D eigenvalue weighted by atomic mass is 10.2. The first-order chi connectivity index (χ1) is 7.46. The molecule has 1 fully saturated rings. The van der Waals surface area contributed by atoms with E-state index >= 15 is 0 Å². The summed E-state index contributed by atoms with van der Waals surface area (Å²) in [5.41, 5.74) is -0.245. The second kappa shape index (κ2) is 4.24. The molecular formula is C12H16BrNO2. The monoisotopic (exact) mass is 285 g/mol. The van der Waals surface area contributed by atoms with E-state index in [1.165, 1.54) is 0 Å². The van der Waals surface area contributed by atoms with Gasteiger partial charge in [-0.3, -0.25) is 4.98 Å². The van der Waals surface area contributed by atoms with E-state index < -0.39 is 0 Å². The van der Waals surface area contributed by atoms with Gasteiger partial charge in [-0.2, -0.15) is 0 Å². The number of rotatable bonds is 3. The number of nitrogens with zero attached hydrogens (tertiary/aromatic N) is 1. The molecule has 0 radical (unpaired) electrons. The van der Waals surface area contributed by atoms with Gasteiger partial charge in [0.15, 0.2) is 11.5 Å². The Hall–Kier alpha value is -0.770. The predicted molar refractivity (Wildman–Crippen MR) is 66.0 cm³/mol. The van der Waals surface area contributed by atoms with Crippen LogP contribution in [0.1, 0.15) is 33.6 Å². The fraction of sp³-hybridized carbons (Fsp3) is 0.583. The van der Waals surface area contributed by atoms with Crippen molar-refractivity contribution in [2.24, 2.45) is 0 Å². The molecule has 1 saturated carbocycles. The number of hydrogen-bond donors (Lipinski definition) is 0. The molecule has 0 bridgehead atoms. The molecule has 0 saturated heterocycles. The zero-order chi connectivity index (χ0) is 11.8. The van der Waals surface area contributed by atoms with Gasteiger partial charge < -0.3 is 9.47 Å². The lowest BCUT2D eigenvalue weighted by Gasteiger charge is -2.23. The highest BCUT2D eigenvalue weighted by Crippen LogP contribution is 2.39. The molecule has 1 aliphatic rings. The molecule has 1 aromatic rings. The SMILES string of the molecule is CC(C)(C)Oc1c(Br)cncc1OC1CC1. The Bertz CT molecular complexity index is 383. The third kappa shape index (κ3) is 3.11. The van der Waals surface area contributed by atoms with Crippen LogP contribution in [0.25, 0.3) is 0 Å². The van der Waals surface area contributed by atoms with Gasteiger partial charge in [-0.05, 0) is 49.5 Å². The molecule has 1 aliphatic carbocycles. The molecular weight excluding hydrogens is 270 g/mol. The van der Waals surface area contributed by atoms with Crippen molar-refractivity contribution in [3.05, 3.63) is 16.9 Å². The summed E-state index contributed by atoms with van der Waals surface area (Å²) in [6.45, 7) is 6.04. The van der Waals surface area contributed by atoms with Crippen LogP contribution in [0.15, 0.2) is 16.9 Å². The highest BCUT2D eigenvalue weighted by Gasteiger charge is 2.27. The van der Waals surface area contributed by atoms with Gasteiger partial charge in [0.25, 0.3) is 0 Å². The average molecular weight is 286 g/mol. The van der Waals surface area contributed by atoms with Gasteiger partial charge in [0.05, 0.1) is 16.8 Å². The molecule has 4 heteroatoms. The second-order valence-corrected chi connectivity index (χ2v) is 5.83. The minimum Gasteiger partial charge on any atom is -0.485 e. The number of halogens is 1. The van der Waals surface area contributed by atoms with Crippen molar-refractivity contribution in [3.63, 3.8) is 0 Å². The molecule has 88 valence electrons.